The summed E-state index contributed by atoms with van der Waals surface area (Å²) in [4.78, 5) is 0. The maximum atomic E-state index is 5.63. The number of halogens is 1. The van der Waals surface area contributed by atoms with Crippen molar-refractivity contribution in [2.75, 3.05) is 13.2 Å². The fourth-order valence-corrected chi connectivity index (χ4v) is 2.83. The van der Waals surface area contributed by atoms with E-state index in [4.69, 9.17) is 4.74 Å². The van der Waals surface area contributed by atoms with Gasteiger partial charge in [0.05, 0.1) is 6.10 Å². The average molecular weight is 312 g/mol. The summed E-state index contributed by atoms with van der Waals surface area (Å²) in [5, 5.41) is 3.57. The Bertz CT molecular complexity index is 363. The molecule has 2 nitrogen and oxygen atoms in total. The van der Waals surface area contributed by atoms with E-state index in [1.807, 2.05) is 0 Å². The molecule has 1 fully saturated rings. The van der Waals surface area contributed by atoms with Gasteiger partial charge in [0.1, 0.15) is 0 Å². The van der Waals surface area contributed by atoms with E-state index in [0.717, 1.165) is 17.6 Å². The molecule has 0 aliphatic carbocycles. The van der Waals surface area contributed by atoms with Crippen LogP contribution in [0, 0.1) is 0 Å². The van der Waals surface area contributed by atoms with Crippen LogP contribution in [0.5, 0.6) is 0 Å². The molecular formula is C15H22BrNO. The van der Waals surface area contributed by atoms with Crippen LogP contribution in [0.1, 0.15) is 44.2 Å². The predicted octanol–water partition coefficient (Wildman–Crippen LogP) is 4.06. The summed E-state index contributed by atoms with van der Waals surface area (Å²) < 4.78 is 6.77. The number of benzene rings is 1. The average Bonchev–Trinajstić information content (AvgIpc) is 2.87. The molecule has 1 aliphatic heterocycles. The van der Waals surface area contributed by atoms with E-state index in [1.54, 1.807) is 0 Å². The highest BCUT2D eigenvalue weighted by Gasteiger charge is 2.14. The van der Waals surface area contributed by atoms with E-state index in [0.29, 0.717) is 12.1 Å². The van der Waals surface area contributed by atoms with E-state index in [9.17, 15) is 0 Å². The summed E-state index contributed by atoms with van der Waals surface area (Å²) in [5.74, 6) is 0. The van der Waals surface area contributed by atoms with Crippen molar-refractivity contribution < 1.29 is 4.74 Å². The molecule has 1 aliphatic rings. The summed E-state index contributed by atoms with van der Waals surface area (Å²) in [7, 11) is 0. The van der Waals surface area contributed by atoms with Gasteiger partial charge in [0, 0.05) is 17.1 Å². The maximum Gasteiger partial charge on any atom is 0.0576 e. The van der Waals surface area contributed by atoms with Gasteiger partial charge in [-0.1, -0.05) is 28.1 Å². The summed E-state index contributed by atoms with van der Waals surface area (Å²) in [6.07, 6.45) is 5.41. The molecule has 0 saturated carbocycles. The molecule has 1 aromatic carbocycles. The Morgan fingerprint density at radius 1 is 1.50 bits per heavy atom. The van der Waals surface area contributed by atoms with Crippen LogP contribution >= 0.6 is 15.9 Å². The maximum absolute atomic E-state index is 5.63. The zero-order valence-electron chi connectivity index (χ0n) is 11.0. The van der Waals surface area contributed by atoms with Crippen molar-refractivity contribution >= 4 is 15.9 Å². The number of ether oxygens (including phenoxy) is 1. The summed E-state index contributed by atoms with van der Waals surface area (Å²) in [6, 6.07) is 8.91. The molecule has 1 aromatic rings. The van der Waals surface area contributed by atoms with Crippen molar-refractivity contribution in [2.24, 2.45) is 0 Å². The summed E-state index contributed by atoms with van der Waals surface area (Å²) in [5.41, 5.74) is 1.33. The van der Waals surface area contributed by atoms with Gasteiger partial charge in [0.15, 0.2) is 0 Å². The largest absolute Gasteiger partial charge is 0.378 e. The summed E-state index contributed by atoms with van der Waals surface area (Å²) >= 11 is 3.51. The molecule has 0 bridgehead atoms. The Labute approximate surface area is 118 Å². The first kappa shape index (κ1) is 14.0. The van der Waals surface area contributed by atoms with E-state index in [-0.39, 0.29) is 0 Å². The van der Waals surface area contributed by atoms with E-state index in [2.05, 4.69) is 52.4 Å². The lowest BCUT2D eigenvalue weighted by atomic mass is 10.1. The quantitative estimate of drug-likeness (QED) is 0.800. The topological polar surface area (TPSA) is 21.3 Å². The van der Waals surface area contributed by atoms with E-state index < -0.39 is 0 Å². The van der Waals surface area contributed by atoms with Crippen molar-refractivity contribution in [3.8, 4) is 0 Å². The van der Waals surface area contributed by atoms with Crippen LogP contribution in [0.2, 0.25) is 0 Å². The van der Waals surface area contributed by atoms with Gasteiger partial charge in [-0.15, -0.1) is 0 Å². The third-order valence-electron chi connectivity index (χ3n) is 3.53. The number of nitrogens with one attached hydrogen (secondary N) is 1. The van der Waals surface area contributed by atoms with Crippen LogP contribution in [0.15, 0.2) is 28.7 Å². The Morgan fingerprint density at radius 3 is 3.11 bits per heavy atom. The minimum absolute atomic E-state index is 0.409. The van der Waals surface area contributed by atoms with Crippen molar-refractivity contribution in [2.45, 2.75) is 44.8 Å². The molecule has 0 spiro atoms. The van der Waals surface area contributed by atoms with Crippen molar-refractivity contribution in [3.05, 3.63) is 34.3 Å². The molecular weight excluding hydrogens is 290 g/mol. The highest BCUT2D eigenvalue weighted by Crippen LogP contribution is 2.19. The van der Waals surface area contributed by atoms with E-state index >= 15 is 0 Å². The highest BCUT2D eigenvalue weighted by atomic mass is 79.9. The highest BCUT2D eigenvalue weighted by molar-refractivity contribution is 9.10. The lowest BCUT2D eigenvalue weighted by molar-refractivity contribution is 0.102. The molecule has 1 N–H and O–H groups in total. The zero-order valence-corrected chi connectivity index (χ0v) is 12.6. The van der Waals surface area contributed by atoms with Crippen LogP contribution in [-0.2, 0) is 4.74 Å². The first-order valence-electron chi connectivity index (χ1n) is 6.86. The third-order valence-corrected chi connectivity index (χ3v) is 4.02. The van der Waals surface area contributed by atoms with Gasteiger partial charge in [0.25, 0.3) is 0 Å². The molecule has 0 aromatic heterocycles. The van der Waals surface area contributed by atoms with Crippen molar-refractivity contribution in [1.82, 2.24) is 5.32 Å². The standard InChI is InChI=1S/C15H22BrNO/c1-12(13-5-2-6-14(16)11-13)17-9-3-7-15-8-4-10-18-15/h2,5-6,11-12,15,17H,3-4,7-10H2,1H3/t12-,15?/m0/s1. The van der Waals surface area contributed by atoms with E-state index in [1.165, 1.54) is 31.2 Å². The normalized spacial score (nSPS) is 21.1. The molecule has 1 heterocycles. The number of hydrogen-bond donors (Lipinski definition) is 1. The van der Waals surface area contributed by atoms with Crippen molar-refractivity contribution in [3.63, 3.8) is 0 Å². The van der Waals surface area contributed by atoms with Crippen LogP contribution in [-0.4, -0.2) is 19.3 Å². The molecule has 2 atom stereocenters. The lowest BCUT2D eigenvalue weighted by Crippen LogP contribution is -2.21. The Kier molecular flexibility index (Phi) is 5.67. The predicted molar refractivity (Wildman–Crippen MR) is 78.8 cm³/mol. The van der Waals surface area contributed by atoms with Gasteiger partial charge in [-0.25, -0.2) is 0 Å². The SMILES string of the molecule is C[C@H](NCCCC1CCCO1)c1cccc(Br)c1. The van der Waals surface area contributed by atoms with Gasteiger partial charge in [-0.05, 0) is 56.8 Å². The molecule has 18 heavy (non-hydrogen) atoms. The monoisotopic (exact) mass is 311 g/mol. The first-order valence-corrected chi connectivity index (χ1v) is 7.65. The molecule has 0 amide bonds. The molecule has 3 heteroatoms. The smallest absolute Gasteiger partial charge is 0.0576 e. The van der Waals surface area contributed by atoms with Gasteiger partial charge in [-0.3, -0.25) is 0 Å². The fourth-order valence-electron chi connectivity index (χ4n) is 2.41. The molecule has 1 saturated heterocycles. The Balaban J connectivity index is 1.66. The molecule has 1 unspecified atom stereocenters. The second-order valence-corrected chi connectivity index (χ2v) is 5.92. The van der Waals surface area contributed by atoms with Crippen molar-refractivity contribution in [1.29, 1.82) is 0 Å². The second-order valence-electron chi connectivity index (χ2n) is 5.01. The van der Waals surface area contributed by atoms with Gasteiger partial charge < -0.3 is 10.1 Å². The molecule has 0 radical (unpaired) electrons. The number of hydrogen-bond acceptors (Lipinski definition) is 2. The minimum Gasteiger partial charge on any atom is -0.378 e. The van der Waals surface area contributed by atoms with Gasteiger partial charge >= 0.3 is 0 Å². The number of rotatable bonds is 6. The third kappa shape index (κ3) is 4.38. The van der Waals surface area contributed by atoms with Crippen LogP contribution in [0.3, 0.4) is 0 Å². The molecule has 2 rings (SSSR count). The zero-order chi connectivity index (χ0) is 12.8. The van der Waals surface area contributed by atoms with Gasteiger partial charge in [-0.2, -0.15) is 0 Å². The lowest BCUT2D eigenvalue weighted by Gasteiger charge is -2.15. The molecule has 100 valence electrons. The second kappa shape index (κ2) is 7.27. The summed E-state index contributed by atoms with van der Waals surface area (Å²) in [6.45, 7) is 4.24. The van der Waals surface area contributed by atoms with Gasteiger partial charge in [0.2, 0.25) is 0 Å². The Morgan fingerprint density at radius 2 is 2.39 bits per heavy atom. The fraction of sp³-hybridized carbons (Fsp3) is 0.600. The minimum atomic E-state index is 0.409. The first-order chi connectivity index (χ1) is 8.75. The van der Waals surface area contributed by atoms with Crippen LogP contribution < -0.4 is 5.32 Å². The Hall–Kier alpha value is -0.380. The van der Waals surface area contributed by atoms with Crippen LogP contribution in [0.25, 0.3) is 0 Å². The van der Waals surface area contributed by atoms with Crippen LogP contribution in [0.4, 0.5) is 0 Å².